The van der Waals surface area contributed by atoms with Gasteiger partial charge in [-0.15, -0.1) is 0 Å². The van der Waals surface area contributed by atoms with E-state index >= 15 is 0 Å². The van der Waals surface area contributed by atoms with E-state index in [1.807, 2.05) is 0 Å². The summed E-state index contributed by atoms with van der Waals surface area (Å²) in [5.41, 5.74) is 1.47. The second-order valence-electron chi connectivity index (χ2n) is 7.67. The maximum Gasteiger partial charge on any atom is 0.196 e. The zero-order valence-corrected chi connectivity index (χ0v) is 14.7. The van der Waals surface area contributed by atoms with Gasteiger partial charge in [0, 0.05) is 0 Å². The molecule has 0 atom stereocenters. The normalized spacial score (nSPS) is 32.3. The Hall–Kier alpha value is -1.10. The SMILES string of the molecule is C=C(C1CCC(C=C(F)C#N)CC1)C1CCC(CCCC)CC1. The van der Waals surface area contributed by atoms with Gasteiger partial charge in [0.2, 0.25) is 0 Å². The highest BCUT2D eigenvalue weighted by Crippen LogP contribution is 2.42. The second kappa shape index (κ2) is 9.26. The van der Waals surface area contributed by atoms with Crippen LogP contribution in [0.1, 0.15) is 77.6 Å². The van der Waals surface area contributed by atoms with Gasteiger partial charge in [-0.2, -0.15) is 9.65 Å². The Labute approximate surface area is 141 Å². The number of allylic oxidation sites excluding steroid dienone is 3. The number of hydrogen-bond acceptors (Lipinski definition) is 1. The Morgan fingerprint density at radius 3 is 2.17 bits per heavy atom. The van der Waals surface area contributed by atoms with Crippen LogP contribution in [0, 0.1) is 35.0 Å². The first-order valence-electron chi connectivity index (χ1n) is 9.60. The van der Waals surface area contributed by atoms with Gasteiger partial charge in [0.1, 0.15) is 6.07 Å². The summed E-state index contributed by atoms with van der Waals surface area (Å²) in [6.07, 6.45) is 15.3. The van der Waals surface area contributed by atoms with E-state index < -0.39 is 5.83 Å². The minimum atomic E-state index is -0.613. The third kappa shape index (κ3) is 5.48. The minimum absolute atomic E-state index is 0.253. The molecule has 2 saturated carbocycles. The van der Waals surface area contributed by atoms with Crippen molar-refractivity contribution in [3.05, 3.63) is 24.1 Å². The summed E-state index contributed by atoms with van der Waals surface area (Å²) in [6, 6.07) is 1.59. The van der Waals surface area contributed by atoms with Crippen LogP contribution in [-0.4, -0.2) is 0 Å². The largest absolute Gasteiger partial charge is 0.196 e. The first-order valence-corrected chi connectivity index (χ1v) is 9.60. The fourth-order valence-corrected chi connectivity index (χ4v) is 4.55. The molecule has 2 heteroatoms. The van der Waals surface area contributed by atoms with Crippen LogP contribution >= 0.6 is 0 Å². The number of nitriles is 1. The topological polar surface area (TPSA) is 23.8 Å². The van der Waals surface area contributed by atoms with Crippen molar-refractivity contribution in [3.63, 3.8) is 0 Å². The van der Waals surface area contributed by atoms with Crippen molar-refractivity contribution in [2.24, 2.45) is 23.7 Å². The van der Waals surface area contributed by atoms with Gasteiger partial charge in [-0.25, -0.2) is 0 Å². The van der Waals surface area contributed by atoms with Crippen molar-refractivity contribution < 1.29 is 4.39 Å². The average Bonchev–Trinajstić information content (AvgIpc) is 2.60. The van der Waals surface area contributed by atoms with Crippen LogP contribution in [0.5, 0.6) is 0 Å². The Kier molecular flexibility index (Phi) is 7.34. The fraction of sp³-hybridized carbons (Fsp3) is 0.762. The molecule has 0 bridgehead atoms. The molecule has 2 rings (SSSR count). The van der Waals surface area contributed by atoms with Gasteiger partial charge in [0.15, 0.2) is 5.83 Å². The summed E-state index contributed by atoms with van der Waals surface area (Å²) in [7, 11) is 0. The zero-order valence-electron chi connectivity index (χ0n) is 14.7. The van der Waals surface area contributed by atoms with E-state index in [0.29, 0.717) is 5.92 Å². The number of hydrogen-bond donors (Lipinski definition) is 0. The van der Waals surface area contributed by atoms with Crippen LogP contribution in [-0.2, 0) is 0 Å². The van der Waals surface area contributed by atoms with Crippen LogP contribution in [0.25, 0.3) is 0 Å². The van der Waals surface area contributed by atoms with Gasteiger partial charge >= 0.3 is 0 Å². The van der Waals surface area contributed by atoms with Gasteiger partial charge in [0.05, 0.1) is 0 Å². The van der Waals surface area contributed by atoms with Crippen LogP contribution in [0.15, 0.2) is 24.1 Å². The molecule has 0 amide bonds. The third-order valence-corrected chi connectivity index (χ3v) is 6.12. The van der Waals surface area contributed by atoms with Gasteiger partial charge in [0.25, 0.3) is 0 Å². The Morgan fingerprint density at radius 2 is 1.65 bits per heavy atom. The summed E-state index contributed by atoms with van der Waals surface area (Å²) in [6.45, 7) is 6.73. The van der Waals surface area contributed by atoms with E-state index in [4.69, 9.17) is 5.26 Å². The lowest BCUT2D eigenvalue weighted by Gasteiger charge is -2.35. The average molecular weight is 317 g/mol. The highest BCUT2D eigenvalue weighted by Gasteiger charge is 2.29. The first kappa shape index (κ1) is 18.2. The van der Waals surface area contributed by atoms with Crippen LogP contribution in [0.2, 0.25) is 0 Å². The molecule has 0 heterocycles. The maximum absolute atomic E-state index is 13.1. The van der Waals surface area contributed by atoms with Crippen molar-refractivity contribution in [3.8, 4) is 6.07 Å². The van der Waals surface area contributed by atoms with Crippen molar-refractivity contribution in [1.29, 1.82) is 5.26 Å². The van der Waals surface area contributed by atoms with Gasteiger partial charge in [-0.05, 0) is 81.1 Å². The van der Waals surface area contributed by atoms with E-state index in [9.17, 15) is 4.39 Å². The van der Waals surface area contributed by atoms with E-state index in [2.05, 4.69) is 13.5 Å². The number of halogens is 1. The van der Waals surface area contributed by atoms with E-state index in [1.54, 1.807) is 6.07 Å². The molecule has 0 aromatic carbocycles. The van der Waals surface area contributed by atoms with Crippen LogP contribution in [0.3, 0.4) is 0 Å². The van der Waals surface area contributed by atoms with Gasteiger partial charge < -0.3 is 0 Å². The summed E-state index contributed by atoms with van der Waals surface area (Å²) in [5, 5.41) is 8.54. The molecule has 0 aliphatic heterocycles. The molecule has 2 fully saturated rings. The molecular formula is C21H32FN. The van der Waals surface area contributed by atoms with Crippen LogP contribution in [0.4, 0.5) is 4.39 Å². The number of unbranched alkanes of at least 4 members (excludes halogenated alkanes) is 1. The lowest BCUT2D eigenvalue weighted by atomic mass is 9.70. The second-order valence-corrected chi connectivity index (χ2v) is 7.67. The molecule has 0 aromatic rings. The van der Waals surface area contributed by atoms with Crippen molar-refractivity contribution in [2.45, 2.75) is 77.6 Å². The number of nitrogens with zero attached hydrogens (tertiary/aromatic N) is 1. The highest BCUT2D eigenvalue weighted by atomic mass is 19.1. The summed E-state index contributed by atoms with van der Waals surface area (Å²) >= 11 is 0. The lowest BCUT2D eigenvalue weighted by Crippen LogP contribution is -2.22. The summed E-state index contributed by atoms with van der Waals surface area (Å²) < 4.78 is 13.1. The third-order valence-electron chi connectivity index (χ3n) is 6.12. The Morgan fingerprint density at radius 1 is 1.09 bits per heavy atom. The first-order chi connectivity index (χ1) is 11.1. The Bertz CT molecular complexity index is 443. The van der Waals surface area contributed by atoms with E-state index in [1.165, 1.54) is 56.6 Å². The molecule has 0 spiro atoms. The molecule has 0 saturated heterocycles. The molecule has 0 radical (unpaired) electrons. The molecule has 23 heavy (non-hydrogen) atoms. The summed E-state index contributed by atoms with van der Waals surface area (Å²) in [4.78, 5) is 0. The fourth-order valence-electron chi connectivity index (χ4n) is 4.55. The highest BCUT2D eigenvalue weighted by molar-refractivity contribution is 5.15. The van der Waals surface area contributed by atoms with Crippen molar-refractivity contribution >= 4 is 0 Å². The van der Waals surface area contributed by atoms with Gasteiger partial charge in [-0.3, -0.25) is 0 Å². The zero-order chi connectivity index (χ0) is 16.7. The predicted octanol–water partition coefficient (Wildman–Crippen LogP) is 6.72. The molecule has 128 valence electrons. The van der Waals surface area contributed by atoms with Crippen molar-refractivity contribution in [1.82, 2.24) is 0 Å². The lowest BCUT2D eigenvalue weighted by molar-refractivity contribution is 0.253. The predicted molar refractivity (Wildman–Crippen MR) is 94.4 cm³/mol. The molecule has 2 aliphatic rings. The Balaban J connectivity index is 1.74. The van der Waals surface area contributed by atoms with Crippen molar-refractivity contribution in [2.75, 3.05) is 0 Å². The quantitative estimate of drug-likeness (QED) is 0.394. The molecular weight excluding hydrogens is 285 g/mol. The smallest absolute Gasteiger partial charge is 0.195 e. The molecule has 0 aromatic heterocycles. The maximum atomic E-state index is 13.1. The molecule has 2 aliphatic carbocycles. The van der Waals surface area contributed by atoms with Gasteiger partial charge in [-0.1, -0.05) is 38.3 Å². The van der Waals surface area contributed by atoms with Crippen LogP contribution < -0.4 is 0 Å². The minimum Gasteiger partial charge on any atom is -0.195 e. The molecule has 1 nitrogen and oxygen atoms in total. The monoisotopic (exact) mass is 317 g/mol. The standard InChI is InChI=1S/C21H32FN/c1-3-4-5-17-6-10-19(11-7-17)16(2)20-12-8-18(9-13-20)14-21(22)15-23/h14,17-20H,2-13H2,1H3. The summed E-state index contributed by atoms with van der Waals surface area (Å²) in [5.74, 6) is 1.94. The van der Waals surface area contributed by atoms with E-state index in [0.717, 1.165) is 37.5 Å². The molecule has 0 N–H and O–H groups in total. The number of rotatable bonds is 6. The van der Waals surface area contributed by atoms with E-state index in [-0.39, 0.29) is 5.92 Å². The molecule has 0 unspecified atom stereocenters.